The molecule has 0 radical (unpaired) electrons. The number of nitrogens with one attached hydrogen (secondary N) is 1. The number of hydrogen-bond donors (Lipinski definition) is 1. The second-order valence-corrected chi connectivity index (χ2v) is 7.39. The van der Waals surface area contributed by atoms with Gasteiger partial charge >= 0.3 is 6.18 Å². The van der Waals surface area contributed by atoms with Crippen LogP contribution in [0.5, 0.6) is 0 Å². The predicted octanol–water partition coefficient (Wildman–Crippen LogP) is 2.95. The van der Waals surface area contributed by atoms with Crippen LogP contribution in [0.3, 0.4) is 0 Å². The molecule has 9 heteroatoms. The Morgan fingerprint density at radius 3 is 2.29 bits per heavy atom. The summed E-state index contributed by atoms with van der Waals surface area (Å²) in [5, 5.41) is 4.60. The lowest BCUT2D eigenvalue weighted by Crippen LogP contribution is -2.50. The topological polar surface area (TPSA) is 52.7 Å². The van der Waals surface area contributed by atoms with Crippen LogP contribution >= 0.6 is 11.3 Å². The number of amides is 2. The number of nitrogens with zero attached hydrogens (tertiary/aromatic N) is 2. The van der Waals surface area contributed by atoms with Gasteiger partial charge in [0.1, 0.15) is 0 Å². The highest BCUT2D eigenvalue weighted by Gasteiger charge is 2.30. The van der Waals surface area contributed by atoms with E-state index in [1.807, 2.05) is 22.4 Å². The van der Waals surface area contributed by atoms with Crippen LogP contribution in [0.4, 0.5) is 13.2 Å². The van der Waals surface area contributed by atoms with Gasteiger partial charge in [-0.2, -0.15) is 13.2 Å². The van der Waals surface area contributed by atoms with Crippen LogP contribution in [0.2, 0.25) is 0 Å². The molecule has 1 aromatic heterocycles. The van der Waals surface area contributed by atoms with Gasteiger partial charge in [-0.05, 0) is 35.7 Å². The highest BCUT2D eigenvalue weighted by molar-refractivity contribution is 7.12. The van der Waals surface area contributed by atoms with Crippen molar-refractivity contribution in [3.63, 3.8) is 0 Å². The zero-order valence-corrected chi connectivity index (χ0v) is 15.9. The zero-order chi connectivity index (χ0) is 20.1. The van der Waals surface area contributed by atoms with Crippen LogP contribution in [0.15, 0.2) is 41.8 Å². The van der Waals surface area contributed by atoms with E-state index in [-0.39, 0.29) is 11.5 Å². The maximum Gasteiger partial charge on any atom is 0.416 e. The molecule has 1 aliphatic heterocycles. The molecule has 3 rings (SSSR count). The number of rotatable bonds is 5. The third kappa shape index (κ3) is 5.11. The van der Waals surface area contributed by atoms with Crippen LogP contribution in [0, 0.1) is 0 Å². The van der Waals surface area contributed by atoms with Gasteiger partial charge in [0.25, 0.3) is 11.8 Å². The summed E-state index contributed by atoms with van der Waals surface area (Å²) >= 11 is 1.43. The molecule has 0 bridgehead atoms. The Morgan fingerprint density at radius 1 is 1.04 bits per heavy atom. The summed E-state index contributed by atoms with van der Waals surface area (Å²) in [4.78, 5) is 29.1. The SMILES string of the molecule is O=C(NCCN1CCN(C(=O)c2cccs2)CC1)c1ccc(C(F)(F)F)cc1. The zero-order valence-electron chi connectivity index (χ0n) is 15.0. The number of alkyl halides is 3. The minimum Gasteiger partial charge on any atom is -0.351 e. The molecule has 1 aromatic carbocycles. The fourth-order valence-corrected chi connectivity index (χ4v) is 3.66. The Hall–Kier alpha value is -2.39. The number of thiophene rings is 1. The van der Waals surface area contributed by atoms with Gasteiger partial charge in [0.05, 0.1) is 10.4 Å². The molecule has 28 heavy (non-hydrogen) atoms. The third-order valence-electron chi connectivity index (χ3n) is 4.58. The molecule has 0 spiro atoms. The molecule has 1 aliphatic rings. The fourth-order valence-electron chi connectivity index (χ4n) is 2.97. The first-order valence-electron chi connectivity index (χ1n) is 8.85. The van der Waals surface area contributed by atoms with Gasteiger partial charge in [0.2, 0.25) is 0 Å². The average molecular weight is 411 g/mol. The van der Waals surface area contributed by atoms with E-state index in [9.17, 15) is 22.8 Å². The normalized spacial score (nSPS) is 15.5. The van der Waals surface area contributed by atoms with E-state index in [1.165, 1.54) is 23.5 Å². The van der Waals surface area contributed by atoms with Crippen LogP contribution < -0.4 is 5.32 Å². The summed E-state index contributed by atoms with van der Waals surface area (Å²) in [6, 6.07) is 7.82. The van der Waals surface area contributed by atoms with Crippen molar-refractivity contribution in [2.45, 2.75) is 6.18 Å². The van der Waals surface area contributed by atoms with Crippen molar-refractivity contribution in [1.82, 2.24) is 15.1 Å². The second kappa shape index (κ2) is 8.74. The van der Waals surface area contributed by atoms with E-state index >= 15 is 0 Å². The lowest BCUT2D eigenvalue weighted by atomic mass is 10.1. The fraction of sp³-hybridized carbons (Fsp3) is 0.368. The lowest BCUT2D eigenvalue weighted by molar-refractivity contribution is -0.137. The third-order valence-corrected chi connectivity index (χ3v) is 5.44. The number of halogens is 3. The first-order chi connectivity index (χ1) is 13.3. The Morgan fingerprint density at radius 2 is 1.71 bits per heavy atom. The second-order valence-electron chi connectivity index (χ2n) is 6.44. The number of hydrogen-bond acceptors (Lipinski definition) is 4. The molecule has 150 valence electrons. The van der Waals surface area contributed by atoms with Gasteiger partial charge in [-0.3, -0.25) is 14.5 Å². The van der Waals surface area contributed by atoms with Gasteiger partial charge in [0, 0.05) is 44.8 Å². The summed E-state index contributed by atoms with van der Waals surface area (Å²) < 4.78 is 37.7. The van der Waals surface area contributed by atoms with Crippen molar-refractivity contribution < 1.29 is 22.8 Å². The Kier molecular flexibility index (Phi) is 6.35. The van der Waals surface area contributed by atoms with Crippen LogP contribution in [0.1, 0.15) is 25.6 Å². The number of benzene rings is 1. The number of carbonyl (C=O) groups excluding carboxylic acids is 2. The van der Waals surface area contributed by atoms with Crippen molar-refractivity contribution >= 4 is 23.2 Å². The van der Waals surface area contributed by atoms with Gasteiger partial charge in [-0.25, -0.2) is 0 Å². The molecule has 0 aliphatic carbocycles. The maximum absolute atomic E-state index is 12.6. The van der Waals surface area contributed by atoms with Gasteiger partial charge in [-0.15, -0.1) is 11.3 Å². The van der Waals surface area contributed by atoms with E-state index in [4.69, 9.17) is 0 Å². The van der Waals surface area contributed by atoms with Crippen LogP contribution in [-0.2, 0) is 6.18 Å². The summed E-state index contributed by atoms with van der Waals surface area (Å²) in [5.74, 6) is -0.356. The molecule has 0 atom stereocenters. The molecule has 1 saturated heterocycles. The van der Waals surface area contributed by atoms with Crippen molar-refractivity contribution in [2.24, 2.45) is 0 Å². The molecule has 2 heterocycles. The Bertz CT molecular complexity index is 799. The first-order valence-corrected chi connectivity index (χ1v) is 9.73. The molecule has 2 aromatic rings. The van der Waals surface area contributed by atoms with Crippen molar-refractivity contribution in [3.8, 4) is 0 Å². The molecule has 2 amide bonds. The monoisotopic (exact) mass is 411 g/mol. The largest absolute Gasteiger partial charge is 0.416 e. The Labute approximate surface area is 164 Å². The molecular weight excluding hydrogens is 391 g/mol. The van der Waals surface area contributed by atoms with E-state index in [0.29, 0.717) is 39.3 Å². The average Bonchev–Trinajstić information content (AvgIpc) is 3.22. The first kappa shape index (κ1) is 20.3. The van der Waals surface area contributed by atoms with E-state index < -0.39 is 17.6 Å². The van der Waals surface area contributed by atoms with Gasteiger partial charge in [-0.1, -0.05) is 6.07 Å². The number of piperazine rings is 1. The summed E-state index contributed by atoms with van der Waals surface area (Å²) in [6.45, 7) is 3.69. The summed E-state index contributed by atoms with van der Waals surface area (Å²) in [5.41, 5.74) is -0.585. The van der Waals surface area contributed by atoms with Crippen LogP contribution in [0.25, 0.3) is 0 Å². The predicted molar refractivity (Wildman–Crippen MR) is 100 cm³/mol. The summed E-state index contributed by atoms with van der Waals surface area (Å²) in [7, 11) is 0. The van der Waals surface area contributed by atoms with Crippen molar-refractivity contribution in [3.05, 3.63) is 57.8 Å². The maximum atomic E-state index is 12.6. The highest BCUT2D eigenvalue weighted by atomic mass is 32.1. The highest BCUT2D eigenvalue weighted by Crippen LogP contribution is 2.29. The minimum absolute atomic E-state index is 0.0465. The van der Waals surface area contributed by atoms with Crippen LogP contribution in [-0.4, -0.2) is 60.9 Å². The molecular formula is C19H20F3N3O2S. The minimum atomic E-state index is -4.41. The smallest absolute Gasteiger partial charge is 0.351 e. The lowest BCUT2D eigenvalue weighted by Gasteiger charge is -2.34. The molecule has 5 nitrogen and oxygen atoms in total. The molecule has 1 N–H and O–H groups in total. The van der Waals surface area contributed by atoms with Crippen molar-refractivity contribution in [2.75, 3.05) is 39.3 Å². The number of carbonyl (C=O) groups is 2. The molecule has 0 unspecified atom stereocenters. The Balaban J connectivity index is 1.40. The standard InChI is InChI=1S/C19H20F3N3O2S/c20-19(21,22)15-5-3-14(4-6-15)17(26)23-7-8-24-9-11-25(12-10-24)18(27)16-2-1-13-28-16/h1-6,13H,7-12H2,(H,23,26). The van der Waals surface area contributed by atoms with E-state index in [0.717, 1.165) is 17.0 Å². The van der Waals surface area contributed by atoms with Gasteiger partial charge < -0.3 is 10.2 Å². The summed E-state index contributed by atoms with van der Waals surface area (Å²) in [6.07, 6.45) is -4.41. The molecule has 1 fully saturated rings. The van der Waals surface area contributed by atoms with Crippen molar-refractivity contribution in [1.29, 1.82) is 0 Å². The molecule has 0 saturated carbocycles. The van der Waals surface area contributed by atoms with E-state index in [2.05, 4.69) is 10.2 Å². The van der Waals surface area contributed by atoms with E-state index in [1.54, 1.807) is 0 Å². The van der Waals surface area contributed by atoms with Gasteiger partial charge in [0.15, 0.2) is 0 Å². The quantitative estimate of drug-likeness (QED) is 0.823.